The molecule has 1 N–H and O–H groups in total. The molecule has 0 saturated carbocycles. The number of rotatable bonds is 5. The van der Waals surface area contributed by atoms with Gasteiger partial charge in [-0.1, -0.05) is 27.7 Å². The molecular formula is C16H28N2O. The first-order chi connectivity index (χ1) is 8.77. The van der Waals surface area contributed by atoms with Gasteiger partial charge in [0.2, 0.25) is 0 Å². The number of ether oxygens (including phenoxy) is 1. The van der Waals surface area contributed by atoms with Crippen LogP contribution in [-0.4, -0.2) is 18.6 Å². The van der Waals surface area contributed by atoms with Gasteiger partial charge in [-0.25, -0.2) is 0 Å². The summed E-state index contributed by atoms with van der Waals surface area (Å²) in [6, 6.07) is 0. The van der Waals surface area contributed by atoms with Crippen LogP contribution in [0.5, 0.6) is 5.75 Å². The Morgan fingerprint density at radius 2 is 1.95 bits per heavy atom. The summed E-state index contributed by atoms with van der Waals surface area (Å²) in [6.07, 6.45) is 1.88. The van der Waals surface area contributed by atoms with Gasteiger partial charge in [-0.3, -0.25) is 4.98 Å². The second kappa shape index (κ2) is 6.38. The van der Waals surface area contributed by atoms with Crippen molar-refractivity contribution in [3.63, 3.8) is 0 Å². The molecule has 0 aliphatic rings. The lowest BCUT2D eigenvalue weighted by atomic mass is 9.82. The number of methoxy groups -OCH3 is 1. The fourth-order valence-electron chi connectivity index (χ4n) is 1.96. The van der Waals surface area contributed by atoms with Gasteiger partial charge >= 0.3 is 0 Å². The monoisotopic (exact) mass is 264 g/mol. The number of aryl methyl sites for hydroxylation is 1. The van der Waals surface area contributed by atoms with Crippen LogP contribution in [0, 0.1) is 25.2 Å². The maximum Gasteiger partial charge on any atom is 0.128 e. The highest BCUT2D eigenvalue weighted by atomic mass is 16.5. The fraction of sp³-hybridized carbons (Fsp3) is 0.688. The molecule has 0 fully saturated rings. The van der Waals surface area contributed by atoms with E-state index in [0.717, 1.165) is 35.7 Å². The smallest absolute Gasteiger partial charge is 0.128 e. The topological polar surface area (TPSA) is 34.1 Å². The number of hydrogen-bond acceptors (Lipinski definition) is 3. The van der Waals surface area contributed by atoms with Crippen molar-refractivity contribution in [1.29, 1.82) is 0 Å². The van der Waals surface area contributed by atoms with Crippen LogP contribution in [0.1, 0.15) is 44.5 Å². The zero-order chi connectivity index (χ0) is 14.6. The maximum absolute atomic E-state index is 5.43. The SMILES string of the molecule is COc1c(C)cnc(CNCC(C)C(C)(C)C)c1C. The van der Waals surface area contributed by atoms with E-state index >= 15 is 0 Å². The molecule has 0 saturated heterocycles. The van der Waals surface area contributed by atoms with Crippen LogP contribution in [0.15, 0.2) is 6.20 Å². The molecule has 3 heteroatoms. The van der Waals surface area contributed by atoms with Crippen LogP contribution < -0.4 is 10.1 Å². The van der Waals surface area contributed by atoms with E-state index in [4.69, 9.17) is 4.74 Å². The van der Waals surface area contributed by atoms with Gasteiger partial charge in [-0.15, -0.1) is 0 Å². The summed E-state index contributed by atoms with van der Waals surface area (Å²) in [6.45, 7) is 15.0. The van der Waals surface area contributed by atoms with Gasteiger partial charge < -0.3 is 10.1 Å². The van der Waals surface area contributed by atoms with Gasteiger partial charge in [-0.2, -0.15) is 0 Å². The van der Waals surface area contributed by atoms with Crippen LogP contribution in [0.4, 0.5) is 0 Å². The molecular weight excluding hydrogens is 236 g/mol. The van der Waals surface area contributed by atoms with Crippen molar-refractivity contribution in [3.8, 4) is 5.75 Å². The van der Waals surface area contributed by atoms with E-state index in [0.29, 0.717) is 11.3 Å². The second-order valence-electron chi connectivity index (χ2n) is 6.44. The Kier molecular flexibility index (Phi) is 5.36. The number of aromatic nitrogens is 1. The van der Waals surface area contributed by atoms with Gasteiger partial charge in [0, 0.05) is 23.9 Å². The highest BCUT2D eigenvalue weighted by Gasteiger charge is 2.19. The summed E-state index contributed by atoms with van der Waals surface area (Å²) in [7, 11) is 1.72. The predicted molar refractivity (Wildman–Crippen MR) is 80.6 cm³/mol. The zero-order valence-electron chi connectivity index (χ0n) is 13.4. The number of pyridine rings is 1. The lowest BCUT2D eigenvalue weighted by molar-refractivity contribution is 0.252. The van der Waals surface area contributed by atoms with E-state index < -0.39 is 0 Å². The van der Waals surface area contributed by atoms with Gasteiger partial charge in [0.05, 0.1) is 12.8 Å². The van der Waals surface area contributed by atoms with E-state index in [-0.39, 0.29) is 0 Å². The molecule has 0 radical (unpaired) electrons. The van der Waals surface area contributed by atoms with Crippen LogP contribution >= 0.6 is 0 Å². The molecule has 0 bridgehead atoms. The summed E-state index contributed by atoms with van der Waals surface area (Å²) in [5.74, 6) is 1.58. The van der Waals surface area contributed by atoms with Crippen molar-refractivity contribution in [1.82, 2.24) is 10.3 Å². The molecule has 1 aromatic heterocycles. The van der Waals surface area contributed by atoms with Crippen molar-refractivity contribution in [2.75, 3.05) is 13.7 Å². The Bertz CT molecular complexity index is 421. The van der Waals surface area contributed by atoms with Gasteiger partial charge in [0.15, 0.2) is 0 Å². The molecule has 0 aromatic carbocycles. The Morgan fingerprint density at radius 3 is 2.47 bits per heavy atom. The molecule has 0 aliphatic heterocycles. The molecule has 108 valence electrons. The Labute approximate surface area is 117 Å². The van der Waals surface area contributed by atoms with Gasteiger partial charge in [0.1, 0.15) is 5.75 Å². The number of nitrogens with one attached hydrogen (secondary N) is 1. The third-order valence-corrected chi connectivity index (χ3v) is 3.97. The first-order valence-corrected chi connectivity index (χ1v) is 6.97. The van der Waals surface area contributed by atoms with Crippen LogP contribution in [0.2, 0.25) is 0 Å². The van der Waals surface area contributed by atoms with Crippen molar-refractivity contribution < 1.29 is 4.74 Å². The summed E-state index contributed by atoms with van der Waals surface area (Å²) in [5, 5.41) is 3.50. The van der Waals surface area contributed by atoms with Gasteiger partial charge in [-0.05, 0) is 31.7 Å². The van der Waals surface area contributed by atoms with Crippen LogP contribution in [0.25, 0.3) is 0 Å². The van der Waals surface area contributed by atoms with Crippen molar-refractivity contribution in [3.05, 3.63) is 23.0 Å². The van der Waals surface area contributed by atoms with E-state index in [1.165, 1.54) is 0 Å². The number of hydrogen-bond donors (Lipinski definition) is 1. The Morgan fingerprint density at radius 1 is 1.32 bits per heavy atom. The molecule has 0 aliphatic carbocycles. The molecule has 1 rings (SSSR count). The predicted octanol–water partition coefficient (Wildman–Crippen LogP) is 3.48. The molecule has 1 unspecified atom stereocenters. The normalized spacial score (nSPS) is 13.4. The summed E-state index contributed by atoms with van der Waals surface area (Å²) < 4.78 is 5.43. The summed E-state index contributed by atoms with van der Waals surface area (Å²) in [5.41, 5.74) is 3.63. The fourth-order valence-corrected chi connectivity index (χ4v) is 1.96. The molecule has 1 aromatic rings. The largest absolute Gasteiger partial charge is 0.496 e. The van der Waals surface area contributed by atoms with Crippen LogP contribution in [0.3, 0.4) is 0 Å². The second-order valence-corrected chi connectivity index (χ2v) is 6.44. The molecule has 3 nitrogen and oxygen atoms in total. The molecule has 0 spiro atoms. The lowest BCUT2D eigenvalue weighted by Gasteiger charge is -2.27. The maximum atomic E-state index is 5.43. The van der Waals surface area contributed by atoms with E-state index in [9.17, 15) is 0 Å². The quantitative estimate of drug-likeness (QED) is 0.884. The highest BCUT2D eigenvalue weighted by Crippen LogP contribution is 2.25. The third kappa shape index (κ3) is 4.20. The lowest BCUT2D eigenvalue weighted by Crippen LogP contribution is -2.29. The van der Waals surface area contributed by atoms with Crippen molar-refractivity contribution in [2.24, 2.45) is 11.3 Å². The number of nitrogens with zero attached hydrogens (tertiary/aromatic N) is 1. The molecule has 1 heterocycles. The van der Waals surface area contributed by atoms with E-state index in [2.05, 4.69) is 44.9 Å². The third-order valence-electron chi connectivity index (χ3n) is 3.97. The van der Waals surface area contributed by atoms with E-state index in [1.807, 2.05) is 13.1 Å². The molecule has 1 atom stereocenters. The van der Waals surface area contributed by atoms with Crippen LogP contribution in [-0.2, 0) is 6.54 Å². The average molecular weight is 264 g/mol. The minimum atomic E-state index is 0.334. The first kappa shape index (κ1) is 16.0. The average Bonchev–Trinajstić information content (AvgIpc) is 2.31. The minimum Gasteiger partial charge on any atom is -0.496 e. The molecule has 19 heavy (non-hydrogen) atoms. The van der Waals surface area contributed by atoms with Crippen molar-refractivity contribution in [2.45, 2.75) is 48.1 Å². The standard InChI is InChI=1S/C16H28N2O/c1-11-8-18-14(13(3)15(11)19-7)10-17-9-12(2)16(4,5)6/h8,12,17H,9-10H2,1-7H3. The Balaban J connectivity index is 2.64. The minimum absolute atomic E-state index is 0.334. The van der Waals surface area contributed by atoms with Gasteiger partial charge in [0.25, 0.3) is 0 Å². The Hall–Kier alpha value is -1.09. The summed E-state index contributed by atoms with van der Waals surface area (Å²) in [4.78, 5) is 4.50. The first-order valence-electron chi connectivity index (χ1n) is 6.97. The molecule has 0 amide bonds. The zero-order valence-corrected chi connectivity index (χ0v) is 13.4. The van der Waals surface area contributed by atoms with Crippen molar-refractivity contribution >= 4 is 0 Å². The summed E-state index contributed by atoms with van der Waals surface area (Å²) >= 11 is 0. The highest BCUT2D eigenvalue weighted by molar-refractivity contribution is 5.40. The van der Waals surface area contributed by atoms with E-state index in [1.54, 1.807) is 7.11 Å².